The van der Waals surface area contributed by atoms with Crippen LogP contribution in [0, 0.1) is 11.3 Å². The highest BCUT2D eigenvalue weighted by molar-refractivity contribution is 5.80. The molecule has 1 aromatic heterocycles. The molecule has 1 aliphatic carbocycles. The Hall–Kier alpha value is -2.04. The Morgan fingerprint density at radius 3 is 2.64 bits per heavy atom. The molecule has 0 spiro atoms. The number of hydrogen-bond donors (Lipinski definition) is 2. The largest absolute Gasteiger partial charge is 0.356 e. The fraction of sp³-hybridized carbons (Fsp3) is 0.600. The monoisotopic (exact) mass is 341 g/mol. The molecule has 1 aliphatic rings. The van der Waals surface area contributed by atoms with Crippen molar-refractivity contribution < 1.29 is 0 Å². The van der Waals surface area contributed by atoms with E-state index < -0.39 is 0 Å². The molecule has 0 atom stereocenters. The van der Waals surface area contributed by atoms with E-state index in [9.17, 15) is 0 Å². The van der Waals surface area contributed by atoms with Crippen LogP contribution < -0.4 is 10.6 Å². The molecule has 25 heavy (non-hydrogen) atoms. The molecule has 1 saturated carbocycles. The Labute approximate surface area is 150 Å². The third-order valence-corrected chi connectivity index (χ3v) is 5.40. The van der Waals surface area contributed by atoms with Crippen LogP contribution in [-0.4, -0.2) is 29.1 Å². The zero-order valence-electron chi connectivity index (χ0n) is 16.0. The molecule has 0 saturated heterocycles. The standard InChI is InChI=1S/C20H31N5/c1-15(2)12-20(10-7-11-20)14-23-19(21-3)22-13-18-24-16-8-5-6-9-17(16)25(18)4/h5-6,8-9,15H,7,10-14H2,1-4H3,(H2,21,22,23). The number of aryl methyl sites for hydroxylation is 1. The number of benzene rings is 1. The molecule has 0 bridgehead atoms. The van der Waals surface area contributed by atoms with Gasteiger partial charge in [0.25, 0.3) is 0 Å². The first-order valence-corrected chi connectivity index (χ1v) is 9.38. The van der Waals surface area contributed by atoms with E-state index in [1.54, 1.807) is 0 Å². The highest BCUT2D eigenvalue weighted by Gasteiger charge is 2.37. The van der Waals surface area contributed by atoms with Crippen molar-refractivity contribution in [1.82, 2.24) is 20.2 Å². The van der Waals surface area contributed by atoms with Crippen molar-refractivity contribution in [2.45, 2.75) is 46.1 Å². The average Bonchev–Trinajstić information content (AvgIpc) is 2.88. The predicted molar refractivity (Wildman–Crippen MR) is 105 cm³/mol. The SMILES string of the molecule is CN=C(NCc1nc2ccccc2n1C)NCC1(CC(C)C)CCC1. The van der Waals surface area contributed by atoms with Gasteiger partial charge in [-0.05, 0) is 42.7 Å². The maximum atomic E-state index is 4.71. The number of guanidine groups is 1. The minimum atomic E-state index is 0.462. The Morgan fingerprint density at radius 1 is 1.28 bits per heavy atom. The van der Waals surface area contributed by atoms with Gasteiger partial charge in [0.2, 0.25) is 0 Å². The highest BCUT2D eigenvalue weighted by atomic mass is 15.2. The van der Waals surface area contributed by atoms with Gasteiger partial charge in [0.1, 0.15) is 5.82 Å². The zero-order valence-corrected chi connectivity index (χ0v) is 16.0. The second-order valence-corrected chi connectivity index (χ2v) is 7.81. The Morgan fingerprint density at radius 2 is 2.04 bits per heavy atom. The van der Waals surface area contributed by atoms with Crippen LogP contribution in [0.2, 0.25) is 0 Å². The van der Waals surface area contributed by atoms with Gasteiger partial charge in [-0.15, -0.1) is 0 Å². The van der Waals surface area contributed by atoms with Crippen LogP contribution >= 0.6 is 0 Å². The lowest BCUT2D eigenvalue weighted by Crippen LogP contribution is -2.46. The lowest BCUT2D eigenvalue weighted by molar-refractivity contribution is 0.104. The van der Waals surface area contributed by atoms with Crippen LogP contribution in [0.1, 0.15) is 45.4 Å². The van der Waals surface area contributed by atoms with Gasteiger partial charge in [-0.3, -0.25) is 4.99 Å². The van der Waals surface area contributed by atoms with E-state index >= 15 is 0 Å². The number of aliphatic imine (C=N–C) groups is 1. The smallest absolute Gasteiger partial charge is 0.191 e. The van der Waals surface area contributed by atoms with Gasteiger partial charge >= 0.3 is 0 Å². The van der Waals surface area contributed by atoms with E-state index in [0.29, 0.717) is 12.0 Å². The summed E-state index contributed by atoms with van der Waals surface area (Å²) in [5.74, 6) is 2.63. The number of imidazole rings is 1. The van der Waals surface area contributed by atoms with Crippen molar-refractivity contribution in [3.63, 3.8) is 0 Å². The number of rotatable bonds is 6. The Bertz CT molecular complexity index is 740. The summed E-state index contributed by atoms with van der Waals surface area (Å²) < 4.78 is 2.14. The van der Waals surface area contributed by atoms with Gasteiger partial charge in [-0.25, -0.2) is 4.98 Å². The number of fused-ring (bicyclic) bond motifs is 1. The van der Waals surface area contributed by atoms with Crippen molar-refractivity contribution in [2.24, 2.45) is 23.4 Å². The molecule has 136 valence electrons. The van der Waals surface area contributed by atoms with E-state index in [1.165, 1.54) is 25.7 Å². The lowest BCUT2D eigenvalue weighted by atomic mass is 9.64. The molecule has 0 amide bonds. The first-order valence-electron chi connectivity index (χ1n) is 9.38. The first-order chi connectivity index (χ1) is 12.0. The molecule has 5 nitrogen and oxygen atoms in total. The van der Waals surface area contributed by atoms with Gasteiger partial charge in [-0.2, -0.15) is 0 Å². The molecule has 1 aromatic carbocycles. The topological polar surface area (TPSA) is 54.2 Å². The summed E-state index contributed by atoms with van der Waals surface area (Å²) in [5, 5.41) is 6.96. The summed E-state index contributed by atoms with van der Waals surface area (Å²) in [4.78, 5) is 9.10. The molecule has 1 heterocycles. The van der Waals surface area contributed by atoms with E-state index in [1.807, 2.05) is 13.1 Å². The van der Waals surface area contributed by atoms with E-state index in [4.69, 9.17) is 4.98 Å². The van der Waals surface area contributed by atoms with E-state index in [0.717, 1.165) is 35.3 Å². The predicted octanol–water partition coefficient (Wildman–Crippen LogP) is 3.45. The number of nitrogens with zero attached hydrogens (tertiary/aromatic N) is 3. The minimum absolute atomic E-state index is 0.462. The van der Waals surface area contributed by atoms with E-state index in [2.05, 4.69) is 59.3 Å². The van der Waals surface area contributed by atoms with Crippen LogP contribution in [0.5, 0.6) is 0 Å². The molecule has 2 aromatic rings. The molecule has 5 heteroatoms. The Kier molecular flexibility index (Phi) is 5.30. The average molecular weight is 342 g/mol. The summed E-state index contributed by atoms with van der Waals surface area (Å²) in [7, 11) is 3.90. The van der Waals surface area contributed by atoms with Crippen LogP contribution in [-0.2, 0) is 13.6 Å². The van der Waals surface area contributed by atoms with Crippen LogP contribution in [0.3, 0.4) is 0 Å². The first kappa shape index (κ1) is 17.8. The molecule has 2 N–H and O–H groups in total. The summed E-state index contributed by atoms with van der Waals surface area (Å²) in [5.41, 5.74) is 2.66. The number of nitrogens with one attached hydrogen (secondary N) is 2. The van der Waals surface area contributed by atoms with Gasteiger partial charge in [0, 0.05) is 20.6 Å². The van der Waals surface area contributed by atoms with Crippen molar-refractivity contribution >= 4 is 17.0 Å². The molecular weight excluding hydrogens is 310 g/mol. The van der Waals surface area contributed by atoms with Crippen molar-refractivity contribution in [3.8, 4) is 0 Å². The second-order valence-electron chi connectivity index (χ2n) is 7.81. The molecular formula is C20H31N5. The number of hydrogen-bond acceptors (Lipinski definition) is 2. The Balaban J connectivity index is 1.58. The third kappa shape index (κ3) is 3.97. The fourth-order valence-corrected chi connectivity index (χ4v) is 4.00. The summed E-state index contributed by atoms with van der Waals surface area (Å²) in [6.07, 6.45) is 5.32. The van der Waals surface area contributed by atoms with Gasteiger partial charge < -0.3 is 15.2 Å². The van der Waals surface area contributed by atoms with Crippen molar-refractivity contribution in [2.75, 3.05) is 13.6 Å². The summed E-state index contributed by atoms with van der Waals surface area (Å²) in [6.45, 7) is 6.31. The quantitative estimate of drug-likeness (QED) is 0.625. The summed E-state index contributed by atoms with van der Waals surface area (Å²) >= 11 is 0. The maximum Gasteiger partial charge on any atom is 0.191 e. The fourth-order valence-electron chi connectivity index (χ4n) is 4.00. The van der Waals surface area contributed by atoms with Crippen molar-refractivity contribution in [1.29, 1.82) is 0 Å². The highest BCUT2D eigenvalue weighted by Crippen LogP contribution is 2.45. The molecule has 1 fully saturated rings. The molecule has 0 aliphatic heterocycles. The van der Waals surface area contributed by atoms with Gasteiger partial charge in [0.15, 0.2) is 5.96 Å². The van der Waals surface area contributed by atoms with E-state index in [-0.39, 0.29) is 0 Å². The number of para-hydroxylation sites is 2. The maximum absolute atomic E-state index is 4.71. The third-order valence-electron chi connectivity index (χ3n) is 5.40. The minimum Gasteiger partial charge on any atom is -0.356 e. The lowest BCUT2D eigenvalue weighted by Gasteiger charge is -2.43. The van der Waals surface area contributed by atoms with Crippen LogP contribution in [0.4, 0.5) is 0 Å². The number of aromatic nitrogens is 2. The van der Waals surface area contributed by atoms with Crippen molar-refractivity contribution in [3.05, 3.63) is 30.1 Å². The zero-order chi connectivity index (χ0) is 17.9. The molecule has 0 radical (unpaired) electrons. The molecule has 3 rings (SSSR count). The summed E-state index contributed by atoms with van der Waals surface area (Å²) in [6, 6.07) is 8.23. The second kappa shape index (κ2) is 7.46. The van der Waals surface area contributed by atoms with Gasteiger partial charge in [0.05, 0.1) is 17.6 Å². The molecule has 0 unspecified atom stereocenters. The normalized spacial score (nSPS) is 16.9. The van der Waals surface area contributed by atoms with Crippen LogP contribution in [0.25, 0.3) is 11.0 Å². The van der Waals surface area contributed by atoms with Gasteiger partial charge in [-0.1, -0.05) is 32.4 Å². The van der Waals surface area contributed by atoms with Crippen LogP contribution in [0.15, 0.2) is 29.3 Å².